The Kier molecular flexibility index (Phi) is 9.24. The maximum absolute atomic E-state index is 5.87. The number of aromatic nitrogens is 1. The third-order valence-electron chi connectivity index (χ3n) is 5.81. The van der Waals surface area contributed by atoms with Gasteiger partial charge in [0.25, 0.3) is 0 Å². The lowest BCUT2D eigenvalue weighted by Crippen LogP contribution is -2.41. The molecule has 1 aromatic heterocycles. The molecule has 2 aliphatic rings. The largest absolute Gasteiger partial charge is 0.454 e. The highest BCUT2D eigenvalue weighted by Gasteiger charge is 2.35. The van der Waals surface area contributed by atoms with E-state index in [1.165, 1.54) is 5.56 Å². The lowest BCUT2D eigenvalue weighted by atomic mass is 9.74. The van der Waals surface area contributed by atoms with E-state index in [9.17, 15) is 0 Å². The summed E-state index contributed by atoms with van der Waals surface area (Å²) in [6, 6.07) is 10.1. The number of guanidine groups is 1. The SMILES string of the molecule is CCNC(=NCC1(c2ccc3c(c2)OCO3)CCOCC1)NCCc1ccc(Cl)nc1.I. The summed E-state index contributed by atoms with van der Waals surface area (Å²) in [6.07, 6.45) is 4.50. The Morgan fingerprint density at radius 3 is 2.69 bits per heavy atom. The minimum Gasteiger partial charge on any atom is -0.454 e. The molecule has 0 saturated carbocycles. The molecule has 32 heavy (non-hydrogen) atoms. The average Bonchev–Trinajstić information content (AvgIpc) is 3.27. The highest BCUT2D eigenvalue weighted by molar-refractivity contribution is 14.0. The number of aliphatic imine (C=N–C) groups is 1. The molecule has 2 aromatic rings. The maximum Gasteiger partial charge on any atom is 0.231 e. The van der Waals surface area contributed by atoms with Crippen molar-refractivity contribution in [2.24, 2.45) is 4.99 Å². The predicted octanol–water partition coefficient (Wildman–Crippen LogP) is 3.93. The van der Waals surface area contributed by atoms with Crippen molar-refractivity contribution in [3.63, 3.8) is 0 Å². The molecule has 1 aromatic carbocycles. The molecule has 2 N–H and O–H groups in total. The van der Waals surface area contributed by atoms with E-state index in [0.717, 1.165) is 68.6 Å². The lowest BCUT2D eigenvalue weighted by Gasteiger charge is -2.36. The van der Waals surface area contributed by atoms with Crippen LogP contribution in [0, 0.1) is 0 Å². The molecule has 1 fully saturated rings. The second kappa shape index (κ2) is 11.9. The Labute approximate surface area is 211 Å². The van der Waals surface area contributed by atoms with E-state index in [1.807, 2.05) is 24.4 Å². The molecule has 0 aliphatic carbocycles. The molecule has 0 unspecified atom stereocenters. The molecule has 2 aliphatic heterocycles. The first kappa shape index (κ1) is 24.9. The second-order valence-electron chi connectivity index (χ2n) is 7.82. The zero-order valence-electron chi connectivity index (χ0n) is 18.2. The number of rotatable bonds is 7. The summed E-state index contributed by atoms with van der Waals surface area (Å²) in [5, 5.41) is 7.30. The Balaban J connectivity index is 0.00000289. The van der Waals surface area contributed by atoms with Crippen molar-refractivity contribution in [2.45, 2.75) is 31.6 Å². The summed E-state index contributed by atoms with van der Waals surface area (Å²) in [5.74, 6) is 2.44. The highest BCUT2D eigenvalue weighted by atomic mass is 127. The van der Waals surface area contributed by atoms with Gasteiger partial charge in [-0.15, -0.1) is 24.0 Å². The molecule has 9 heteroatoms. The monoisotopic (exact) mass is 572 g/mol. The first-order chi connectivity index (χ1) is 15.2. The van der Waals surface area contributed by atoms with Crippen molar-refractivity contribution in [3.05, 3.63) is 52.8 Å². The van der Waals surface area contributed by atoms with Crippen LogP contribution in [-0.4, -0.2) is 50.6 Å². The number of hydrogen-bond donors (Lipinski definition) is 2. The number of fused-ring (bicyclic) bond motifs is 1. The van der Waals surface area contributed by atoms with Crippen LogP contribution in [0.4, 0.5) is 0 Å². The molecule has 0 atom stereocenters. The smallest absolute Gasteiger partial charge is 0.231 e. The summed E-state index contributed by atoms with van der Waals surface area (Å²) in [5.41, 5.74) is 2.28. The maximum atomic E-state index is 5.87. The first-order valence-corrected chi connectivity index (χ1v) is 11.2. The van der Waals surface area contributed by atoms with Gasteiger partial charge in [0.05, 0.1) is 6.54 Å². The summed E-state index contributed by atoms with van der Waals surface area (Å²) in [7, 11) is 0. The van der Waals surface area contributed by atoms with E-state index in [1.54, 1.807) is 0 Å². The van der Waals surface area contributed by atoms with Gasteiger partial charge < -0.3 is 24.8 Å². The van der Waals surface area contributed by atoms with E-state index < -0.39 is 0 Å². The Hall–Kier alpha value is -1.78. The summed E-state index contributed by atoms with van der Waals surface area (Å²) >= 11 is 5.87. The molecule has 0 bridgehead atoms. The van der Waals surface area contributed by atoms with Crippen molar-refractivity contribution in [1.29, 1.82) is 0 Å². The van der Waals surface area contributed by atoms with E-state index >= 15 is 0 Å². The van der Waals surface area contributed by atoms with Crippen LogP contribution < -0.4 is 20.1 Å². The van der Waals surface area contributed by atoms with Gasteiger partial charge in [-0.25, -0.2) is 4.98 Å². The minimum atomic E-state index is -0.0817. The van der Waals surface area contributed by atoms with Crippen LogP contribution in [0.3, 0.4) is 0 Å². The molecule has 7 nitrogen and oxygen atoms in total. The number of benzene rings is 1. The Morgan fingerprint density at radius 2 is 1.94 bits per heavy atom. The van der Waals surface area contributed by atoms with Gasteiger partial charge in [0.1, 0.15) is 5.15 Å². The average molecular weight is 573 g/mol. The van der Waals surface area contributed by atoms with Crippen LogP contribution in [0.2, 0.25) is 5.15 Å². The summed E-state index contributed by atoms with van der Waals surface area (Å²) in [4.78, 5) is 9.09. The highest BCUT2D eigenvalue weighted by Crippen LogP contribution is 2.41. The van der Waals surface area contributed by atoms with Gasteiger partial charge in [-0.1, -0.05) is 23.7 Å². The van der Waals surface area contributed by atoms with Gasteiger partial charge in [-0.05, 0) is 55.5 Å². The van der Waals surface area contributed by atoms with Gasteiger partial charge in [-0.2, -0.15) is 0 Å². The third kappa shape index (κ3) is 6.17. The van der Waals surface area contributed by atoms with Crippen molar-refractivity contribution in [3.8, 4) is 11.5 Å². The summed E-state index contributed by atoms with van der Waals surface area (Å²) in [6.45, 7) is 6.06. The van der Waals surface area contributed by atoms with E-state index in [-0.39, 0.29) is 36.2 Å². The van der Waals surface area contributed by atoms with Crippen molar-refractivity contribution < 1.29 is 14.2 Å². The first-order valence-electron chi connectivity index (χ1n) is 10.8. The Morgan fingerprint density at radius 1 is 1.12 bits per heavy atom. The number of nitrogens with one attached hydrogen (secondary N) is 2. The molecular weight excluding hydrogens is 543 g/mol. The van der Waals surface area contributed by atoms with Crippen molar-refractivity contribution in [1.82, 2.24) is 15.6 Å². The minimum absolute atomic E-state index is 0. The summed E-state index contributed by atoms with van der Waals surface area (Å²) < 4.78 is 16.8. The number of halogens is 2. The van der Waals surface area contributed by atoms with Gasteiger partial charge in [-0.3, -0.25) is 4.99 Å². The quantitative estimate of drug-likeness (QED) is 0.227. The van der Waals surface area contributed by atoms with Crippen LogP contribution in [0.1, 0.15) is 30.9 Å². The lowest BCUT2D eigenvalue weighted by molar-refractivity contribution is 0.0530. The molecule has 3 heterocycles. The van der Waals surface area contributed by atoms with Gasteiger partial charge >= 0.3 is 0 Å². The normalized spacial score (nSPS) is 16.9. The number of hydrogen-bond acceptors (Lipinski definition) is 5. The van der Waals surface area contributed by atoms with Crippen LogP contribution in [-0.2, 0) is 16.6 Å². The van der Waals surface area contributed by atoms with Gasteiger partial charge in [0, 0.05) is 37.9 Å². The van der Waals surface area contributed by atoms with E-state index in [2.05, 4.69) is 34.7 Å². The molecule has 1 saturated heterocycles. The fraction of sp³-hybridized carbons (Fsp3) is 0.478. The van der Waals surface area contributed by atoms with E-state index in [4.69, 9.17) is 30.8 Å². The molecule has 0 spiro atoms. The van der Waals surface area contributed by atoms with Crippen molar-refractivity contribution in [2.75, 3.05) is 39.6 Å². The standard InChI is InChI=1S/C23H29ClN4O3.HI/c1-2-25-22(26-10-7-17-3-6-21(24)27-14-17)28-15-23(8-11-29-12-9-23)18-4-5-19-20(13-18)31-16-30-19;/h3-6,13-14H,2,7-12,15-16H2,1H3,(H2,25,26,28);1H. The van der Waals surface area contributed by atoms with E-state index in [0.29, 0.717) is 11.7 Å². The fourth-order valence-electron chi connectivity index (χ4n) is 3.98. The van der Waals surface area contributed by atoms with Crippen LogP contribution >= 0.6 is 35.6 Å². The molecular formula is C23H30ClIN4O3. The van der Waals surface area contributed by atoms with Crippen LogP contribution in [0.5, 0.6) is 11.5 Å². The topological polar surface area (TPSA) is 77.0 Å². The zero-order valence-corrected chi connectivity index (χ0v) is 21.3. The van der Waals surface area contributed by atoms with Gasteiger partial charge in [0.15, 0.2) is 17.5 Å². The fourth-order valence-corrected chi connectivity index (χ4v) is 4.09. The second-order valence-corrected chi connectivity index (χ2v) is 8.21. The number of pyridine rings is 1. The third-order valence-corrected chi connectivity index (χ3v) is 6.04. The molecule has 0 radical (unpaired) electrons. The predicted molar refractivity (Wildman–Crippen MR) is 137 cm³/mol. The van der Waals surface area contributed by atoms with Crippen LogP contribution in [0.25, 0.3) is 0 Å². The van der Waals surface area contributed by atoms with Crippen molar-refractivity contribution >= 4 is 41.5 Å². The van der Waals surface area contributed by atoms with Gasteiger partial charge in [0.2, 0.25) is 6.79 Å². The molecule has 4 rings (SSSR count). The zero-order chi connectivity index (χ0) is 21.5. The molecule has 0 amide bonds. The molecule has 174 valence electrons. The van der Waals surface area contributed by atoms with Crippen LogP contribution in [0.15, 0.2) is 41.5 Å². The number of nitrogens with zero attached hydrogens (tertiary/aromatic N) is 2. The Bertz CT molecular complexity index is 905. The number of ether oxygens (including phenoxy) is 3.